The van der Waals surface area contributed by atoms with E-state index >= 15 is 0 Å². The maximum absolute atomic E-state index is 13.2. The first-order valence-corrected chi connectivity index (χ1v) is 12.2. The number of hydrogen-bond acceptors (Lipinski definition) is 7. The van der Waals surface area contributed by atoms with Gasteiger partial charge in [0.15, 0.2) is 0 Å². The Hall–Kier alpha value is -2.24. The Kier molecular flexibility index (Phi) is 11.6. The van der Waals surface area contributed by atoms with Crippen LogP contribution in [-0.4, -0.2) is 84.0 Å². The summed E-state index contributed by atoms with van der Waals surface area (Å²) in [5, 5.41) is 18.2. The topological polar surface area (TPSA) is 180 Å². The molecule has 2 aliphatic heterocycles. The van der Waals surface area contributed by atoms with E-state index in [2.05, 4.69) is 16.0 Å². The lowest BCUT2D eigenvalue weighted by Gasteiger charge is -2.29. The van der Waals surface area contributed by atoms with Crippen molar-refractivity contribution in [2.45, 2.75) is 88.4 Å². The highest BCUT2D eigenvalue weighted by Gasteiger charge is 2.38. The molecule has 4 atom stereocenters. The van der Waals surface area contributed by atoms with Crippen LogP contribution in [0.15, 0.2) is 0 Å². The molecule has 2 aliphatic rings. The first-order valence-electron chi connectivity index (χ1n) is 12.2. The monoisotopic (exact) mass is 468 g/mol. The number of amides is 3. The van der Waals surface area contributed by atoms with Gasteiger partial charge in [-0.05, 0) is 83.8 Å². The second-order valence-corrected chi connectivity index (χ2v) is 8.87. The first-order chi connectivity index (χ1) is 15.9. The standard InChI is InChI=1S/C22H40N6O5/c23-11-3-1-7-16(26-19(29)15-9-5-13-25-15)20(30)27-17(8-2-4-12-24)21(31)28-14-6-10-18(28)22(32)33/h15-18,25H,1-14,23-24H2,(H,26,29)(H,27,30)(H,32,33). The summed E-state index contributed by atoms with van der Waals surface area (Å²) >= 11 is 0. The number of rotatable bonds is 14. The molecule has 0 radical (unpaired) electrons. The number of carbonyl (C=O) groups is 4. The summed E-state index contributed by atoms with van der Waals surface area (Å²) in [6.07, 6.45) is 6.08. The summed E-state index contributed by atoms with van der Waals surface area (Å²) in [6, 6.07) is -2.84. The Morgan fingerprint density at radius 1 is 0.939 bits per heavy atom. The summed E-state index contributed by atoms with van der Waals surface area (Å²) in [7, 11) is 0. The lowest BCUT2D eigenvalue weighted by molar-refractivity contribution is -0.149. The molecule has 0 aromatic heterocycles. The maximum atomic E-state index is 13.2. The number of nitrogens with zero attached hydrogens (tertiary/aromatic N) is 1. The third kappa shape index (κ3) is 8.24. The first kappa shape index (κ1) is 27.0. The minimum Gasteiger partial charge on any atom is -0.480 e. The second-order valence-electron chi connectivity index (χ2n) is 8.87. The Labute approximate surface area is 195 Å². The summed E-state index contributed by atoms with van der Waals surface area (Å²) < 4.78 is 0. The van der Waals surface area contributed by atoms with Crippen LogP contribution in [0.5, 0.6) is 0 Å². The zero-order valence-electron chi connectivity index (χ0n) is 19.4. The largest absolute Gasteiger partial charge is 0.480 e. The van der Waals surface area contributed by atoms with Crippen molar-refractivity contribution < 1.29 is 24.3 Å². The number of nitrogens with one attached hydrogen (secondary N) is 3. The van der Waals surface area contributed by atoms with E-state index in [1.54, 1.807) is 0 Å². The van der Waals surface area contributed by atoms with Crippen molar-refractivity contribution in [1.29, 1.82) is 0 Å². The summed E-state index contributed by atoms with van der Waals surface area (Å²) in [6.45, 7) is 2.06. The molecule has 0 aromatic rings. The van der Waals surface area contributed by atoms with E-state index in [9.17, 15) is 24.3 Å². The predicted molar refractivity (Wildman–Crippen MR) is 123 cm³/mol. The normalized spacial score (nSPS) is 22.1. The van der Waals surface area contributed by atoms with Crippen LogP contribution in [-0.2, 0) is 19.2 Å². The molecule has 2 saturated heterocycles. The third-order valence-corrected chi connectivity index (χ3v) is 6.34. The van der Waals surface area contributed by atoms with Crippen LogP contribution in [0.4, 0.5) is 0 Å². The van der Waals surface area contributed by atoms with Crippen LogP contribution in [0.2, 0.25) is 0 Å². The molecular formula is C22H40N6O5. The maximum Gasteiger partial charge on any atom is 0.326 e. The lowest BCUT2D eigenvalue weighted by Crippen LogP contribution is -2.57. The number of carboxylic acids is 1. The van der Waals surface area contributed by atoms with Crippen molar-refractivity contribution in [3.8, 4) is 0 Å². The number of aliphatic carboxylic acids is 1. The van der Waals surface area contributed by atoms with Crippen molar-refractivity contribution in [3.63, 3.8) is 0 Å². The fourth-order valence-corrected chi connectivity index (χ4v) is 4.45. The van der Waals surface area contributed by atoms with Crippen LogP contribution in [0.1, 0.15) is 64.2 Å². The average Bonchev–Trinajstić information content (AvgIpc) is 3.49. The van der Waals surface area contributed by atoms with Gasteiger partial charge in [0.1, 0.15) is 18.1 Å². The smallest absolute Gasteiger partial charge is 0.326 e. The molecular weight excluding hydrogens is 428 g/mol. The van der Waals surface area contributed by atoms with E-state index in [0.29, 0.717) is 77.4 Å². The van der Waals surface area contributed by atoms with Crippen LogP contribution in [0.3, 0.4) is 0 Å². The average molecular weight is 469 g/mol. The van der Waals surface area contributed by atoms with Crippen molar-refractivity contribution in [2.75, 3.05) is 26.2 Å². The van der Waals surface area contributed by atoms with Gasteiger partial charge in [0.05, 0.1) is 6.04 Å². The number of likely N-dealkylation sites (tertiary alicyclic amines) is 1. The van der Waals surface area contributed by atoms with Crippen LogP contribution >= 0.6 is 0 Å². The summed E-state index contributed by atoms with van der Waals surface area (Å²) in [4.78, 5) is 51.9. The van der Waals surface area contributed by atoms with Gasteiger partial charge in [-0.1, -0.05) is 0 Å². The van der Waals surface area contributed by atoms with Crippen LogP contribution < -0.4 is 27.4 Å². The predicted octanol–water partition coefficient (Wildman–Crippen LogP) is -0.958. The van der Waals surface area contributed by atoms with Gasteiger partial charge < -0.3 is 37.4 Å². The van der Waals surface area contributed by atoms with E-state index in [0.717, 1.165) is 13.0 Å². The van der Waals surface area contributed by atoms with Gasteiger partial charge in [-0.3, -0.25) is 14.4 Å². The molecule has 2 rings (SSSR count). The molecule has 11 nitrogen and oxygen atoms in total. The molecule has 11 heteroatoms. The molecule has 2 heterocycles. The molecule has 3 amide bonds. The van der Waals surface area contributed by atoms with Gasteiger partial charge in [0.25, 0.3) is 0 Å². The Morgan fingerprint density at radius 2 is 1.61 bits per heavy atom. The van der Waals surface area contributed by atoms with Crippen LogP contribution in [0.25, 0.3) is 0 Å². The highest BCUT2D eigenvalue weighted by molar-refractivity contribution is 5.94. The number of unbranched alkanes of at least 4 members (excludes halogenated alkanes) is 2. The van der Waals surface area contributed by atoms with E-state index in [-0.39, 0.29) is 11.9 Å². The fourth-order valence-electron chi connectivity index (χ4n) is 4.45. The highest BCUT2D eigenvalue weighted by Crippen LogP contribution is 2.20. The van der Waals surface area contributed by atoms with Gasteiger partial charge in [-0.25, -0.2) is 4.79 Å². The Bertz CT molecular complexity index is 670. The van der Waals surface area contributed by atoms with Gasteiger partial charge in [-0.2, -0.15) is 0 Å². The van der Waals surface area contributed by atoms with E-state index in [4.69, 9.17) is 11.5 Å². The quantitative estimate of drug-likeness (QED) is 0.176. The van der Waals surface area contributed by atoms with E-state index in [1.807, 2.05) is 0 Å². The molecule has 4 unspecified atom stereocenters. The van der Waals surface area contributed by atoms with E-state index < -0.39 is 35.9 Å². The lowest BCUT2D eigenvalue weighted by atomic mass is 10.0. The second kappa shape index (κ2) is 14.1. The molecule has 0 bridgehead atoms. The number of hydrogen-bond donors (Lipinski definition) is 6. The molecule has 8 N–H and O–H groups in total. The zero-order chi connectivity index (χ0) is 24.2. The molecule has 33 heavy (non-hydrogen) atoms. The van der Waals surface area contributed by atoms with E-state index in [1.165, 1.54) is 4.90 Å². The minimum absolute atomic E-state index is 0.225. The number of carbonyl (C=O) groups excluding carboxylic acids is 3. The molecule has 188 valence electrons. The Balaban J connectivity index is 2.09. The van der Waals surface area contributed by atoms with Gasteiger partial charge in [-0.15, -0.1) is 0 Å². The van der Waals surface area contributed by atoms with Crippen molar-refractivity contribution in [2.24, 2.45) is 11.5 Å². The highest BCUT2D eigenvalue weighted by atomic mass is 16.4. The molecule has 2 fully saturated rings. The number of nitrogens with two attached hydrogens (primary N) is 2. The summed E-state index contributed by atoms with van der Waals surface area (Å²) in [5.74, 6) is -2.09. The minimum atomic E-state index is -1.04. The van der Waals surface area contributed by atoms with Gasteiger partial charge >= 0.3 is 5.97 Å². The zero-order valence-corrected chi connectivity index (χ0v) is 19.4. The fraction of sp³-hybridized carbons (Fsp3) is 0.818. The van der Waals surface area contributed by atoms with Crippen molar-refractivity contribution in [1.82, 2.24) is 20.9 Å². The summed E-state index contributed by atoms with van der Waals surface area (Å²) in [5.41, 5.74) is 11.2. The van der Waals surface area contributed by atoms with Crippen molar-refractivity contribution >= 4 is 23.7 Å². The molecule has 0 aromatic carbocycles. The molecule has 0 saturated carbocycles. The Morgan fingerprint density at radius 3 is 2.18 bits per heavy atom. The SMILES string of the molecule is NCCCCC(NC(=O)C1CCCN1)C(=O)NC(CCCCN)C(=O)N1CCCC1C(=O)O. The molecule has 0 aliphatic carbocycles. The van der Waals surface area contributed by atoms with Gasteiger partial charge in [0.2, 0.25) is 17.7 Å². The number of carboxylic acid groups (broad SMARTS) is 1. The third-order valence-electron chi connectivity index (χ3n) is 6.34. The van der Waals surface area contributed by atoms with Crippen LogP contribution in [0, 0.1) is 0 Å². The van der Waals surface area contributed by atoms with Gasteiger partial charge in [0, 0.05) is 6.54 Å². The van der Waals surface area contributed by atoms with Crippen molar-refractivity contribution in [3.05, 3.63) is 0 Å². The molecule has 0 spiro atoms.